The molecule has 0 radical (unpaired) electrons. The molecule has 2 aliphatic heterocycles. The van der Waals surface area contributed by atoms with Crippen LogP contribution in [-0.4, -0.2) is 84.1 Å². The average molecular weight is 809 g/mol. The van der Waals surface area contributed by atoms with Gasteiger partial charge in [-0.25, -0.2) is 19.6 Å². The van der Waals surface area contributed by atoms with Crippen molar-refractivity contribution >= 4 is 24.0 Å². The summed E-state index contributed by atoms with van der Waals surface area (Å²) in [5, 5.41) is 23.9. The molecule has 0 saturated carbocycles. The second kappa shape index (κ2) is 17.2. The van der Waals surface area contributed by atoms with Gasteiger partial charge in [0.05, 0.1) is 43.0 Å². The van der Waals surface area contributed by atoms with Crippen LogP contribution in [0, 0.1) is 0 Å². The molecule has 0 bridgehead atoms. The third-order valence-electron chi connectivity index (χ3n) is 11.2. The number of carbonyl (C=O) groups is 4. The van der Waals surface area contributed by atoms with Crippen molar-refractivity contribution in [2.24, 2.45) is 0 Å². The molecule has 306 valence electrons. The topological polar surface area (TPSA) is 206 Å². The first-order valence-corrected chi connectivity index (χ1v) is 19.8. The molecule has 4 heterocycles. The summed E-state index contributed by atoms with van der Waals surface area (Å²) in [5.41, 5.74) is 6.21. The van der Waals surface area contributed by atoms with Gasteiger partial charge in [-0.3, -0.25) is 9.59 Å². The number of hydrogen-bond acceptors (Lipinski definition) is 7. The number of carboxylic acid groups (broad SMARTS) is 2. The molecule has 0 unspecified atom stereocenters. The molecule has 4 atom stereocenters. The summed E-state index contributed by atoms with van der Waals surface area (Å²) in [6.07, 6.45) is 3.80. The van der Waals surface area contributed by atoms with Crippen molar-refractivity contribution in [3.05, 3.63) is 138 Å². The largest absolute Gasteiger partial charge is 0.496 e. The van der Waals surface area contributed by atoms with Gasteiger partial charge in [-0.05, 0) is 65.6 Å². The highest BCUT2D eigenvalue weighted by Gasteiger charge is 2.38. The second-order valence-electron chi connectivity index (χ2n) is 14.8. The van der Waals surface area contributed by atoms with E-state index in [-0.39, 0.29) is 23.9 Å². The van der Waals surface area contributed by atoms with Crippen LogP contribution in [-0.2, 0) is 9.59 Å². The monoisotopic (exact) mass is 808 g/mol. The fraction of sp³-hybridized carbons (Fsp3) is 0.244. The van der Waals surface area contributed by atoms with Crippen molar-refractivity contribution in [1.82, 2.24) is 40.4 Å². The summed E-state index contributed by atoms with van der Waals surface area (Å²) in [4.78, 5) is 70.6. The molecule has 60 heavy (non-hydrogen) atoms. The molecule has 0 aliphatic carbocycles. The van der Waals surface area contributed by atoms with Gasteiger partial charge < -0.3 is 45.4 Å². The zero-order chi connectivity index (χ0) is 41.8. The normalized spacial score (nSPS) is 17.2. The quantitative estimate of drug-likeness (QED) is 0.0724. The fourth-order valence-corrected chi connectivity index (χ4v) is 8.31. The number of methoxy groups -OCH3 is 1. The van der Waals surface area contributed by atoms with Gasteiger partial charge >= 0.3 is 12.2 Å². The van der Waals surface area contributed by atoms with Crippen molar-refractivity contribution in [1.29, 1.82) is 0 Å². The minimum absolute atomic E-state index is 0.322. The van der Waals surface area contributed by atoms with Crippen LogP contribution in [0.25, 0.3) is 33.6 Å². The van der Waals surface area contributed by atoms with Crippen LogP contribution in [0.15, 0.2) is 116 Å². The minimum Gasteiger partial charge on any atom is -0.496 e. The highest BCUT2D eigenvalue weighted by Crippen LogP contribution is 2.38. The SMILES string of the molecule is COc1ccc(-c2ccc(-c3cnc([C@@H]4CCCN4C(=O)[C@H](NC(=O)O)c4ccccc4)[nH]3)cc2)cc1-c1cnc([C@@H]2CCCN2C(=O)[C@H](NC(=O)O)c2ccccc2)[nH]1. The standard InChI is InChI=1S/C45H44N8O7/c1-60-37-21-20-31(24-32(37)34-26-47-41(49-34)36-15-9-23-53(36)43(55)39(51-45(58)59)30-12-6-3-7-13-30)27-16-18-28(19-17-27)33-25-46-40(48-33)35-14-8-22-52(35)42(54)38(50-44(56)57)29-10-4-2-5-11-29/h2-7,10-13,16-21,24-26,35-36,38-39,50-51H,8-9,14-15,22-23H2,1H3,(H,46,48)(H,47,49)(H,56,57)(H,58,59)/t35-,36-,38+,39+/m0/s1. The predicted molar refractivity (Wildman–Crippen MR) is 222 cm³/mol. The van der Waals surface area contributed by atoms with Crippen LogP contribution in [0.2, 0.25) is 0 Å². The Morgan fingerprint density at radius 1 is 0.650 bits per heavy atom. The molecule has 2 fully saturated rings. The van der Waals surface area contributed by atoms with Crippen LogP contribution >= 0.6 is 0 Å². The van der Waals surface area contributed by atoms with E-state index in [0.29, 0.717) is 60.2 Å². The van der Waals surface area contributed by atoms with E-state index in [2.05, 4.69) is 25.6 Å². The van der Waals surface area contributed by atoms with Crippen LogP contribution < -0.4 is 15.4 Å². The zero-order valence-corrected chi connectivity index (χ0v) is 32.7. The molecule has 4 aromatic carbocycles. The lowest BCUT2D eigenvalue weighted by molar-refractivity contribution is -0.135. The molecular weight excluding hydrogens is 765 g/mol. The molecule has 15 nitrogen and oxygen atoms in total. The third kappa shape index (κ3) is 8.14. The zero-order valence-electron chi connectivity index (χ0n) is 32.7. The number of H-pyrrole nitrogens is 2. The van der Waals surface area contributed by atoms with Gasteiger partial charge in [-0.1, -0.05) is 91.0 Å². The van der Waals surface area contributed by atoms with Gasteiger partial charge in [-0.2, -0.15) is 0 Å². The third-order valence-corrected chi connectivity index (χ3v) is 11.2. The molecule has 2 aromatic heterocycles. The van der Waals surface area contributed by atoms with Gasteiger partial charge in [-0.15, -0.1) is 0 Å². The molecule has 2 saturated heterocycles. The summed E-state index contributed by atoms with van der Waals surface area (Å²) >= 11 is 0. The Kier molecular flexibility index (Phi) is 11.3. The number of benzene rings is 4. The summed E-state index contributed by atoms with van der Waals surface area (Å²) in [5.74, 6) is 1.22. The van der Waals surface area contributed by atoms with Gasteiger partial charge in [0.1, 0.15) is 29.5 Å². The van der Waals surface area contributed by atoms with Gasteiger partial charge in [0.25, 0.3) is 11.8 Å². The molecular formula is C45H44N8O7. The maximum Gasteiger partial charge on any atom is 0.405 e. The first kappa shape index (κ1) is 39.4. The summed E-state index contributed by atoms with van der Waals surface area (Å²) in [6, 6.07) is 28.8. The Hall–Kier alpha value is -7.42. The van der Waals surface area contributed by atoms with E-state index < -0.39 is 24.3 Å². The lowest BCUT2D eigenvalue weighted by Crippen LogP contribution is -2.42. The van der Waals surface area contributed by atoms with Crippen molar-refractivity contribution < 1.29 is 34.1 Å². The number of aromatic nitrogens is 4. The smallest absolute Gasteiger partial charge is 0.405 e. The molecule has 0 spiro atoms. The number of nitrogens with zero attached hydrogens (tertiary/aromatic N) is 4. The van der Waals surface area contributed by atoms with E-state index in [4.69, 9.17) is 9.72 Å². The Labute approximate surface area is 345 Å². The van der Waals surface area contributed by atoms with Gasteiger partial charge in [0, 0.05) is 18.7 Å². The van der Waals surface area contributed by atoms with E-state index in [1.807, 2.05) is 54.6 Å². The number of rotatable bonds is 12. The molecule has 15 heteroatoms. The van der Waals surface area contributed by atoms with Crippen LogP contribution in [0.3, 0.4) is 0 Å². The van der Waals surface area contributed by atoms with Gasteiger partial charge in [0.15, 0.2) is 0 Å². The van der Waals surface area contributed by atoms with E-state index in [1.54, 1.807) is 77.8 Å². The number of carbonyl (C=O) groups excluding carboxylic acids is 2. The molecule has 6 N–H and O–H groups in total. The number of nitrogens with one attached hydrogen (secondary N) is 4. The highest BCUT2D eigenvalue weighted by atomic mass is 16.5. The average Bonchev–Trinajstić information content (AvgIpc) is 4.12. The minimum atomic E-state index is -1.28. The van der Waals surface area contributed by atoms with Crippen molar-refractivity contribution in [3.63, 3.8) is 0 Å². The number of imidazole rings is 2. The van der Waals surface area contributed by atoms with Crippen LogP contribution in [0.1, 0.15) is 72.6 Å². The number of aromatic amines is 2. The molecule has 2 aliphatic rings. The second-order valence-corrected chi connectivity index (χ2v) is 14.8. The first-order valence-electron chi connectivity index (χ1n) is 19.8. The lowest BCUT2D eigenvalue weighted by Gasteiger charge is -2.28. The summed E-state index contributed by atoms with van der Waals surface area (Å²) < 4.78 is 5.76. The van der Waals surface area contributed by atoms with Crippen molar-refractivity contribution in [3.8, 4) is 39.4 Å². The predicted octanol–water partition coefficient (Wildman–Crippen LogP) is 7.49. The summed E-state index contributed by atoms with van der Waals surface area (Å²) in [6.45, 7) is 0.960. The Morgan fingerprint density at radius 2 is 1.12 bits per heavy atom. The molecule has 4 amide bonds. The highest BCUT2D eigenvalue weighted by molar-refractivity contribution is 5.88. The maximum atomic E-state index is 13.9. The summed E-state index contributed by atoms with van der Waals surface area (Å²) in [7, 11) is 1.61. The van der Waals surface area contributed by atoms with Crippen molar-refractivity contribution in [2.45, 2.75) is 49.9 Å². The first-order chi connectivity index (χ1) is 29.2. The van der Waals surface area contributed by atoms with E-state index in [1.165, 1.54) is 0 Å². The number of ether oxygens (including phenoxy) is 1. The fourth-order valence-electron chi connectivity index (χ4n) is 8.31. The van der Waals surface area contributed by atoms with E-state index >= 15 is 0 Å². The maximum absolute atomic E-state index is 13.9. The Morgan fingerprint density at radius 3 is 1.62 bits per heavy atom. The Bertz CT molecular complexity index is 2490. The number of hydrogen-bond donors (Lipinski definition) is 6. The molecule has 6 aromatic rings. The van der Waals surface area contributed by atoms with Crippen LogP contribution in [0.4, 0.5) is 9.59 Å². The molecule has 8 rings (SSSR count). The number of amides is 4. The Balaban J connectivity index is 0.989. The number of likely N-dealkylation sites (tertiary alicyclic amines) is 2. The van der Waals surface area contributed by atoms with Crippen molar-refractivity contribution in [2.75, 3.05) is 20.2 Å². The lowest BCUT2D eigenvalue weighted by atomic mass is 9.99. The van der Waals surface area contributed by atoms with E-state index in [9.17, 15) is 29.4 Å². The van der Waals surface area contributed by atoms with E-state index in [0.717, 1.165) is 40.8 Å². The van der Waals surface area contributed by atoms with Crippen LogP contribution in [0.5, 0.6) is 5.75 Å². The van der Waals surface area contributed by atoms with Gasteiger partial charge in [0.2, 0.25) is 0 Å².